The first-order valence-electron chi connectivity index (χ1n) is 9.45. The zero-order valence-corrected chi connectivity index (χ0v) is 17.4. The smallest absolute Gasteiger partial charge is 0.231 e. The molecule has 0 saturated carbocycles. The number of aromatic nitrogens is 2. The predicted octanol–water partition coefficient (Wildman–Crippen LogP) is 3.12. The average Bonchev–Trinajstić information content (AvgIpc) is 3.12. The normalized spacial score (nSPS) is 17.5. The lowest BCUT2D eigenvalue weighted by atomic mass is 10.1. The van der Waals surface area contributed by atoms with Gasteiger partial charge in [-0.3, -0.25) is 0 Å². The molecule has 0 atom stereocenters. The Bertz CT molecular complexity index is 1350. The van der Waals surface area contributed by atoms with E-state index in [0.717, 1.165) is 28.4 Å². The van der Waals surface area contributed by atoms with Crippen LogP contribution in [0.4, 0.5) is 27.5 Å². The Morgan fingerprint density at radius 1 is 1.31 bits per heavy atom. The zero-order valence-electron chi connectivity index (χ0n) is 16.6. The second kappa shape index (κ2) is 8.62. The summed E-state index contributed by atoms with van der Waals surface area (Å²) in [5, 5.41) is 24.1. The molecule has 0 bridgehead atoms. The van der Waals surface area contributed by atoms with Gasteiger partial charge in [0.2, 0.25) is 16.0 Å². The van der Waals surface area contributed by atoms with Crippen molar-refractivity contribution < 1.29 is 12.8 Å². The standard InChI is InChI=1S/C21H18FN7O2S/c22-18-11-26-21(28-15-3-1-2-13(8-15)12-32(24,30)31)29-20(18)27-16-4-5-19-17(9-16)14(6-7-23)10-25-19/h1-6,9,11-12,25H,8,10H2,(H2,24,30,31)(H2,26,27,28,29). The molecule has 32 heavy (non-hydrogen) atoms. The quantitative estimate of drug-likeness (QED) is 0.507. The minimum atomic E-state index is -3.76. The Balaban J connectivity index is 1.53. The van der Waals surface area contributed by atoms with Crippen molar-refractivity contribution in [2.45, 2.75) is 6.42 Å². The van der Waals surface area contributed by atoms with Crippen LogP contribution < -0.4 is 21.1 Å². The molecule has 9 nitrogen and oxygen atoms in total. The van der Waals surface area contributed by atoms with Crippen LogP contribution in [-0.2, 0) is 10.0 Å². The molecule has 0 spiro atoms. The number of halogens is 1. The highest BCUT2D eigenvalue weighted by molar-refractivity contribution is 7.92. The molecule has 0 amide bonds. The second-order valence-electron chi connectivity index (χ2n) is 7.06. The van der Waals surface area contributed by atoms with E-state index in [9.17, 15) is 12.8 Å². The van der Waals surface area contributed by atoms with Crippen molar-refractivity contribution in [3.05, 3.63) is 76.8 Å². The van der Waals surface area contributed by atoms with Crippen LogP contribution in [0.25, 0.3) is 5.57 Å². The number of nitriles is 1. The molecule has 0 unspecified atom stereocenters. The van der Waals surface area contributed by atoms with E-state index in [1.165, 1.54) is 6.08 Å². The number of nitrogens with one attached hydrogen (secondary N) is 3. The van der Waals surface area contributed by atoms with Gasteiger partial charge in [-0.25, -0.2) is 22.9 Å². The van der Waals surface area contributed by atoms with Crippen molar-refractivity contribution in [2.24, 2.45) is 5.14 Å². The minimum absolute atomic E-state index is 0.0357. The number of sulfonamides is 1. The van der Waals surface area contributed by atoms with Crippen molar-refractivity contribution >= 4 is 38.7 Å². The molecular formula is C21H18FN7O2S. The van der Waals surface area contributed by atoms with E-state index in [2.05, 4.69) is 25.9 Å². The summed E-state index contributed by atoms with van der Waals surface area (Å²) < 4.78 is 36.9. The number of hydrogen-bond donors (Lipinski definition) is 4. The van der Waals surface area contributed by atoms with Gasteiger partial charge in [-0.15, -0.1) is 0 Å². The molecule has 1 aliphatic carbocycles. The van der Waals surface area contributed by atoms with Gasteiger partial charge < -0.3 is 16.0 Å². The van der Waals surface area contributed by atoms with Crippen molar-refractivity contribution in [3.63, 3.8) is 0 Å². The Kier molecular flexibility index (Phi) is 5.72. The van der Waals surface area contributed by atoms with Crippen LogP contribution in [0.2, 0.25) is 0 Å². The molecule has 5 N–H and O–H groups in total. The maximum Gasteiger partial charge on any atom is 0.231 e. The maximum atomic E-state index is 14.4. The van der Waals surface area contributed by atoms with Gasteiger partial charge in [-0.2, -0.15) is 10.2 Å². The molecule has 1 aliphatic heterocycles. The second-order valence-corrected chi connectivity index (χ2v) is 8.48. The highest BCUT2D eigenvalue weighted by Gasteiger charge is 2.17. The van der Waals surface area contributed by atoms with Gasteiger partial charge >= 0.3 is 0 Å². The fourth-order valence-corrected chi connectivity index (χ4v) is 3.92. The van der Waals surface area contributed by atoms with E-state index in [-0.39, 0.29) is 18.2 Å². The Morgan fingerprint density at radius 3 is 2.94 bits per heavy atom. The van der Waals surface area contributed by atoms with Crippen LogP contribution in [0.15, 0.2) is 65.4 Å². The summed E-state index contributed by atoms with van der Waals surface area (Å²) in [6.07, 6.45) is 7.80. The Labute approximate surface area is 183 Å². The first-order chi connectivity index (χ1) is 15.3. The van der Waals surface area contributed by atoms with Crippen LogP contribution in [-0.4, -0.2) is 24.9 Å². The summed E-state index contributed by atoms with van der Waals surface area (Å²) in [5.41, 5.74) is 4.30. The molecule has 2 aromatic rings. The molecule has 0 fully saturated rings. The summed E-state index contributed by atoms with van der Waals surface area (Å²) >= 11 is 0. The Morgan fingerprint density at radius 2 is 2.16 bits per heavy atom. The lowest BCUT2D eigenvalue weighted by Crippen LogP contribution is -2.11. The van der Waals surface area contributed by atoms with Gasteiger partial charge in [0.15, 0.2) is 11.6 Å². The topological polar surface area (TPSA) is 146 Å². The van der Waals surface area contributed by atoms with Gasteiger partial charge in [-0.05, 0) is 35.4 Å². The number of hydrogen-bond acceptors (Lipinski definition) is 8. The lowest BCUT2D eigenvalue weighted by molar-refractivity contribution is 0.606. The minimum Gasteiger partial charge on any atom is -0.380 e. The van der Waals surface area contributed by atoms with Crippen molar-refractivity contribution in [1.82, 2.24) is 9.97 Å². The molecule has 162 valence electrons. The maximum absolute atomic E-state index is 14.4. The van der Waals surface area contributed by atoms with Gasteiger partial charge in [0.05, 0.1) is 12.3 Å². The van der Waals surface area contributed by atoms with E-state index < -0.39 is 15.8 Å². The predicted molar refractivity (Wildman–Crippen MR) is 120 cm³/mol. The summed E-state index contributed by atoms with van der Waals surface area (Å²) in [6.45, 7) is 0.549. The molecule has 0 radical (unpaired) electrons. The molecule has 2 heterocycles. The van der Waals surface area contributed by atoms with Gasteiger partial charge in [-0.1, -0.05) is 12.2 Å². The number of anilines is 4. The average molecular weight is 451 g/mol. The Hall–Kier alpha value is -4.01. The van der Waals surface area contributed by atoms with Gasteiger partial charge in [0.1, 0.15) is 0 Å². The summed E-state index contributed by atoms with van der Waals surface area (Å²) in [4.78, 5) is 8.14. The van der Waals surface area contributed by atoms with Gasteiger partial charge in [0, 0.05) is 47.1 Å². The third kappa shape index (κ3) is 5.00. The van der Waals surface area contributed by atoms with E-state index in [1.54, 1.807) is 24.3 Å². The van der Waals surface area contributed by atoms with E-state index in [0.29, 0.717) is 23.5 Å². The fraction of sp³-hybridized carbons (Fsp3) is 0.0952. The molecular weight excluding hydrogens is 433 g/mol. The number of nitrogens with two attached hydrogens (primary N) is 1. The number of rotatable bonds is 5. The largest absolute Gasteiger partial charge is 0.380 e. The molecule has 11 heteroatoms. The van der Waals surface area contributed by atoms with Crippen LogP contribution in [0.3, 0.4) is 0 Å². The van der Waals surface area contributed by atoms with E-state index in [4.69, 9.17) is 10.4 Å². The van der Waals surface area contributed by atoms with Gasteiger partial charge in [0.25, 0.3) is 0 Å². The third-order valence-corrected chi connectivity index (χ3v) is 5.30. The first-order valence-corrected chi connectivity index (χ1v) is 11.1. The first kappa shape index (κ1) is 21.2. The SMILES string of the molecule is N#CC=C1CNc2ccc(Nc3nc(NC4=CC=CC(=CS(N)(=O)=O)C4)ncc3F)cc21. The van der Waals surface area contributed by atoms with Crippen molar-refractivity contribution in [2.75, 3.05) is 22.5 Å². The molecule has 0 saturated heterocycles. The van der Waals surface area contributed by atoms with Crippen LogP contribution in [0.5, 0.6) is 0 Å². The van der Waals surface area contributed by atoms with E-state index in [1.807, 2.05) is 18.2 Å². The summed E-state index contributed by atoms with van der Waals surface area (Å²) in [6, 6.07) is 7.45. The highest BCUT2D eigenvalue weighted by Crippen LogP contribution is 2.33. The number of allylic oxidation sites excluding steroid dienone is 5. The van der Waals surface area contributed by atoms with Crippen LogP contribution in [0.1, 0.15) is 12.0 Å². The van der Waals surface area contributed by atoms with Crippen molar-refractivity contribution in [3.8, 4) is 6.07 Å². The monoisotopic (exact) mass is 451 g/mol. The van der Waals surface area contributed by atoms with Crippen molar-refractivity contribution in [1.29, 1.82) is 5.26 Å². The number of nitrogens with zero attached hydrogens (tertiary/aromatic N) is 3. The fourth-order valence-electron chi connectivity index (χ4n) is 3.33. The molecule has 4 rings (SSSR count). The highest BCUT2D eigenvalue weighted by atomic mass is 32.2. The van der Waals surface area contributed by atoms with Crippen LogP contribution >= 0.6 is 0 Å². The number of benzene rings is 1. The molecule has 1 aromatic carbocycles. The summed E-state index contributed by atoms with van der Waals surface area (Å²) in [5.74, 6) is -0.543. The zero-order chi connectivity index (χ0) is 22.7. The molecule has 2 aliphatic rings. The third-order valence-electron chi connectivity index (χ3n) is 4.67. The lowest BCUT2D eigenvalue weighted by Gasteiger charge is -2.14. The van der Waals surface area contributed by atoms with Crippen LogP contribution in [0, 0.1) is 17.1 Å². The molecule has 1 aromatic heterocycles. The number of fused-ring (bicyclic) bond motifs is 1. The summed E-state index contributed by atoms with van der Waals surface area (Å²) in [7, 11) is -3.76. The number of primary sulfonamides is 1. The van der Waals surface area contributed by atoms with E-state index >= 15 is 0 Å².